The van der Waals surface area contributed by atoms with Gasteiger partial charge in [-0.05, 0) is 30.3 Å². The van der Waals surface area contributed by atoms with Crippen molar-refractivity contribution in [2.45, 2.75) is 6.54 Å². The van der Waals surface area contributed by atoms with Crippen LogP contribution in [0, 0.1) is 0 Å². The van der Waals surface area contributed by atoms with Crippen LogP contribution in [0.4, 0.5) is 5.69 Å². The molecule has 20 heavy (non-hydrogen) atoms. The molecule has 0 aliphatic rings. The zero-order valence-corrected chi connectivity index (χ0v) is 12.1. The van der Waals surface area contributed by atoms with E-state index in [1.165, 1.54) is 0 Å². The van der Waals surface area contributed by atoms with Crippen molar-refractivity contribution < 1.29 is 0 Å². The number of fused-ring (bicyclic) bond motifs is 1. The number of nitrogens with one attached hydrogen (secondary N) is 1. The normalized spacial score (nSPS) is 10.7. The molecule has 0 radical (unpaired) electrons. The molecule has 100 valence electrons. The lowest BCUT2D eigenvalue weighted by Crippen LogP contribution is -2.02. The minimum Gasteiger partial charge on any atom is -0.378 e. The van der Waals surface area contributed by atoms with Crippen molar-refractivity contribution in [1.29, 1.82) is 0 Å². The molecule has 0 bridgehead atoms. The van der Waals surface area contributed by atoms with E-state index in [-0.39, 0.29) is 0 Å². The summed E-state index contributed by atoms with van der Waals surface area (Å²) in [5.41, 5.74) is 2.76. The molecular weight excluding hydrogens is 291 g/mol. The van der Waals surface area contributed by atoms with E-state index < -0.39 is 0 Å². The minimum absolute atomic E-state index is 0.602. The van der Waals surface area contributed by atoms with E-state index >= 15 is 0 Å². The zero-order valence-electron chi connectivity index (χ0n) is 10.6. The van der Waals surface area contributed by atoms with Crippen molar-refractivity contribution in [3.05, 3.63) is 70.3 Å². The summed E-state index contributed by atoms with van der Waals surface area (Å²) < 4.78 is 0. The van der Waals surface area contributed by atoms with Crippen LogP contribution in [0.1, 0.15) is 5.69 Å². The molecule has 0 saturated carbocycles. The van der Waals surface area contributed by atoms with Gasteiger partial charge in [0, 0.05) is 10.4 Å². The number of para-hydroxylation sites is 1. The topological polar surface area (TPSA) is 24.9 Å². The molecule has 3 rings (SSSR count). The molecule has 0 unspecified atom stereocenters. The Balaban J connectivity index is 1.81. The summed E-state index contributed by atoms with van der Waals surface area (Å²) in [6, 6.07) is 17.5. The van der Waals surface area contributed by atoms with Crippen molar-refractivity contribution in [2.75, 3.05) is 5.32 Å². The van der Waals surface area contributed by atoms with Crippen LogP contribution in [0.5, 0.6) is 0 Å². The van der Waals surface area contributed by atoms with E-state index in [1.54, 1.807) is 12.1 Å². The summed E-state index contributed by atoms with van der Waals surface area (Å²) >= 11 is 12.1. The first kappa shape index (κ1) is 13.2. The molecule has 1 heterocycles. The van der Waals surface area contributed by atoms with Crippen LogP contribution in [0.25, 0.3) is 10.9 Å². The van der Waals surface area contributed by atoms with Crippen LogP contribution in [-0.2, 0) is 6.54 Å². The molecule has 1 N–H and O–H groups in total. The fourth-order valence-corrected chi connectivity index (χ4v) is 2.38. The highest BCUT2D eigenvalue weighted by Gasteiger charge is 2.02. The number of hydrogen-bond donors (Lipinski definition) is 1. The lowest BCUT2D eigenvalue weighted by atomic mass is 10.2. The lowest BCUT2D eigenvalue weighted by Gasteiger charge is -2.09. The Kier molecular flexibility index (Phi) is 3.77. The molecule has 0 aliphatic carbocycles. The van der Waals surface area contributed by atoms with Gasteiger partial charge in [0.15, 0.2) is 0 Å². The quantitative estimate of drug-likeness (QED) is 0.723. The third-order valence-electron chi connectivity index (χ3n) is 3.04. The SMILES string of the molecule is Clc1ccc(Cl)c(NCc2ccc3ccccc3n2)c1. The molecule has 0 amide bonds. The second kappa shape index (κ2) is 5.70. The Morgan fingerprint density at radius 2 is 1.80 bits per heavy atom. The predicted octanol–water partition coefficient (Wildman–Crippen LogP) is 5.15. The zero-order chi connectivity index (χ0) is 13.9. The number of rotatable bonds is 3. The maximum absolute atomic E-state index is 6.12. The first-order chi connectivity index (χ1) is 9.72. The fourth-order valence-electron chi connectivity index (χ4n) is 2.03. The molecule has 0 atom stereocenters. The Bertz CT molecular complexity index is 756. The molecule has 1 aromatic heterocycles. The molecule has 4 heteroatoms. The second-order valence-corrected chi connectivity index (χ2v) is 5.32. The first-order valence-electron chi connectivity index (χ1n) is 6.26. The summed E-state index contributed by atoms with van der Waals surface area (Å²) in [6.07, 6.45) is 0. The maximum Gasteiger partial charge on any atom is 0.0706 e. The third-order valence-corrected chi connectivity index (χ3v) is 3.61. The number of pyridine rings is 1. The summed E-state index contributed by atoms with van der Waals surface area (Å²) in [5.74, 6) is 0. The van der Waals surface area contributed by atoms with Gasteiger partial charge in [0.05, 0.1) is 28.5 Å². The smallest absolute Gasteiger partial charge is 0.0706 e. The second-order valence-electron chi connectivity index (χ2n) is 4.47. The highest BCUT2D eigenvalue weighted by molar-refractivity contribution is 6.35. The van der Waals surface area contributed by atoms with E-state index in [4.69, 9.17) is 23.2 Å². The van der Waals surface area contributed by atoms with E-state index in [1.807, 2.05) is 36.4 Å². The van der Waals surface area contributed by atoms with Crippen molar-refractivity contribution in [3.63, 3.8) is 0 Å². The number of nitrogens with zero attached hydrogens (tertiary/aromatic N) is 1. The van der Waals surface area contributed by atoms with Gasteiger partial charge >= 0.3 is 0 Å². The van der Waals surface area contributed by atoms with Gasteiger partial charge in [-0.2, -0.15) is 0 Å². The number of halogens is 2. The number of benzene rings is 2. The van der Waals surface area contributed by atoms with Gasteiger partial charge in [0.25, 0.3) is 0 Å². The molecule has 3 aromatic rings. The Hall–Kier alpha value is -1.77. The first-order valence-corrected chi connectivity index (χ1v) is 7.01. The van der Waals surface area contributed by atoms with Crippen LogP contribution in [0.15, 0.2) is 54.6 Å². The van der Waals surface area contributed by atoms with Gasteiger partial charge in [0.1, 0.15) is 0 Å². The number of hydrogen-bond acceptors (Lipinski definition) is 2. The van der Waals surface area contributed by atoms with Gasteiger partial charge in [-0.25, -0.2) is 0 Å². The van der Waals surface area contributed by atoms with Crippen molar-refractivity contribution in [1.82, 2.24) is 4.98 Å². The van der Waals surface area contributed by atoms with Gasteiger partial charge in [0.2, 0.25) is 0 Å². The van der Waals surface area contributed by atoms with Crippen LogP contribution < -0.4 is 5.32 Å². The van der Waals surface area contributed by atoms with E-state index in [9.17, 15) is 0 Å². The van der Waals surface area contributed by atoms with Gasteiger partial charge < -0.3 is 5.32 Å². The monoisotopic (exact) mass is 302 g/mol. The average Bonchev–Trinajstić information content (AvgIpc) is 2.48. The van der Waals surface area contributed by atoms with Crippen molar-refractivity contribution >= 4 is 39.8 Å². The number of anilines is 1. The van der Waals surface area contributed by atoms with Crippen LogP contribution in [-0.4, -0.2) is 4.98 Å². The van der Waals surface area contributed by atoms with Gasteiger partial charge in [-0.15, -0.1) is 0 Å². The molecule has 0 aliphatic heterocycles. The lowest BCUT2D eigenvalue weighted by molar-refractivity contribution is 1.07. The number of aromatic nitrogens is 1. The Morgan fingerprint density at radius 1 is 0.950 bits per heavy atom. The van der Waals surface area contributed by atoms with E-state index in [0.717, 1.165) is 22.3 Å². The van der Waals surface area contributed by atoms with Crippen LogP contribution >= 0.6 is 23.2 Å². The molecular formula is C16H12Cl2N2. The summed E-state index contributed by atoms with van der Waals surface area (Å²) in [7, 11) is 0. The van der Waals surface area contributed by atoms with Crippen molar-refractivity contribution in [2.24, 2.45) is 0 Å². The fraction of sp³-hybridized carbons (Fsp3) is 0.0625. The van der Waals surface area contributed by atoms with Crippen LogP contribution in [0.3, 0.4) is 0 Å². The summed E-state index contributed by atoms with van der Waals surface area (Å²) in [6.45, 7) is 0.602. The Morgan fingerprint density at radius 3 is 2.70 bits per heavy atom. The van der Waals surface area contributed by atoms with Gasteiger partial charge in [-0.3, -0.25) is 4.98 Å². The largest absolute Gasteiger partial charge is 0.378 e. The molecule has 2 aromatic carbocycles. The molecule has 0 fully saturated rings. The Labute approximate surface area is 127 Å². The van der Waals surface area contributed by atoms with Crippen LogP contribution in [0.2, 0.25) is 10.0 Å². The highest BCUT2D eigenvalue weighted by atomic mass is 35.5. The molecule has 0 saturated heterocycles. The van der Waals surface area contributed by atoms with E-state index in [0.29, 0.717) is 16.6 Å². The predicted molar refractivity (Wildman–Crippen MR) is 85.5 cm³/mol. The minimum atomic E-state index is 0.602. The van der Waals surface area contributed by atoms with E-state index in [2.05, 4.69) is 16.4 Å². The molecule has 2 nitrogen and oxygen atoms in total. The summed E-state index contributed by atoms with van der Waals surface area (Å²) in [5, 5.41) is 5.70. The van der Waals surface area contributed by atoms with Crippen molar-refractivity contribution in [3.8, 4) is 0 Å². The average molecular weight is 303 g/mol. The standard InChI is InChI=1S/C16H12Cl2N2/c17-12-6-8-14(18)16(9-12)19-10-13-7-5-11-3-1-2-4-15(11)20-13/h1-9,19H,10H2. The third kappa shape index (κ3) is 2.87. The summed E-state index contributed by atoms with van der Waals surface area (Å²) in [4.78, 5) is 4.60. The maximum atomic E-state index is 6.12. The highest BCUT2D eigenvalue weighted by Crippen LogP contribution is 2.25. The van der Waals surface area contributed by atoms with Gasteiger partial charge in [-0.1, -0.05) is 47.5 Å². The molecule has 0 spiro atoms.